The Kier molecular flexibility index (Phi) is 4.33. The Morgan fingerprint density at radius 3 is 1.42 bits per heavy atom. The summed E-state index contributed by atoms with van der Waals surface area (Å²) < 4.78 is 12.0. The molecule has 0 N–H and O–H groups in total. The summed E-state index contributed by atoms with van der Waals surface area (Å²) in [5.41, 5.74) is 5.06. The molecule has 0 radical (unpaired) electrons. The smallest absolute Gasteiger partial charge is 0.163 e. The van der Waals surface area contributed by atoms with E-state index in [0.29, 0.717) is 11.6 Å². The molecule has 3 heterocycles. The van der Waals surface area contributed by atoms with Gasteiger partial charge in [-0.05, 0) is 48.5 Å². The highest BCUT2D eigenvalue weighted by molar-refractivity contribution is 6.07. The van der Waals surface area contributed by atoms with Gasteiger partial charge in [0.05, 0.1) is 0 Å². The Bertz CT molecular complexity index is 1810. The fraction of sp³-hybridized carbons (Fsp3) is 0.129. The monoisotopic (exact) mass is 469 g/mol. The van der Waals surface area contributed by atoms with Crippen molar-refractivity contribution < 1.29 is 8.83 Å². The number of rotatable bonds is 2. The fourth-order valence-corrected chi connectivity index (χ4v) is 4.70. The highest BCUT2D eigenvalue weighted by atomic mass is 16.3. The molecule has 5 nitrogen and oxygen atoms in total. The maximum absolute atomic E-state index is 6.02. The van der Waals surface area contributed by atoms with Crippen molar-refractivity contribution in [3.8, 4) is 22.8 Å². The predicted molar refractivity (Wildman–Crippen MR) is 144 cm³/mol. The summed E-state index contributed by atoms with van der Waals surface area (Å²) in [6.45, 7) is 6.36. The molecule has 4 aromatic carbocycles. The molecule has 0 aliphatic rings. The van der Waals surface area contributed by atoms with E-state index in [4.69, 9.17) is 23.8 Å². The maximum Gasteiger partial charge on any atom is 0.163 e. The Morgan fingerprint density at radius 1 is 0.500 bits per heavy atom. The molecule has 0 spiro atoms. The van der Waals surface area contributed by atoms with Crippen LogP contribution in [0.25, 0.3) is 66.7 Å². The molecule has 0 unspecified atom stereocenters. The third-order valence-corrected chi connectivity index (χ3v) is 6.58. The summed E-state index contributed by atoms with van der Waals surface area (Å²) in [6.07, 6.45) is 0. The van der Waals surface area contributed by atoms with Crippen LogP contribution in [0.15, 0.2) is 93.8 Å². The van der Waals surface area contributed by atoms with E-state index in [9.17, 15) is 0 Å². The number of fused-ring (bicyclic) bond motifs is 6. The molecule has 174 valence electrons. The molecule has 36 heavy (non-hydrogen) atoms. The van der Waals surface area contributed by atoms with Gasteiger partial charge in [0.2, 0.25) is 0 Å². The minimum absolute atomic E-state index is 0.245. The lowest BCUT2D eigenvalue weighted by atomic mass is 9.95. The molecule has 0 saturated carbocycles. The van der Waals surface area contributed by atoms with Crippen molar-refractivity contribution in [1.82, 2.24) is 15.0 Å². The summed E-state index contributed by atoms with van der Waals surface area (Å²) >= 11 is 0. The van der Waals surface area contributed by atoms with Gasteiger partial charge in [-0.3, -0.25) is 0 Å². The van der Waals surface area contributed by atoms with Crippen molar-refractivity contribution in [3.05, 3.63) is 90.8 Å². The first-order valence-corrected chi connectivity index (χ1v) is 12.0. The van der Waals surface area contributed by atoms with E-state index in [0.717, 1.165) is 60.8 Å². The zero-order valence-corrected chi connectivity index (χ0v) is 20.2. The van der Waals surface area contributed by atoms with E-state index in [2.05, 4.69) is 45.0 Å². The minimum atomic E-state index is -0.245. The van der Waals surface area contributed by atoms with Crippen LogP contribution in [0.3, 0.4) is 0 Å². The van der Waals surface area contributed by atoms with Gasteiger partial charge in [-0.25, -0.2) is 15.0 Å². The first kappa shape index (κ1) is 20.8. The van der Waals surface area contributed by atoms with Gasteiger partial charge < -0.3 is 8.83 Å². The molecule has 7 rings (SSSR count). The van der Waals surface area contributed by atoms with Crippen molar-refractivity contribution in [2.24, 2.45) is 0 Å². The van der Waals surface area contributed by atoms with Gasteiger partial charge >= 0.3 is 0 Å². The lowest BCUT2D eigenvalue weighted by Crippen LogP contribution is -2.18. The minimum Gasteiger partial charge on any atom is -0.456 e. The lowest BCUT2D eigenvalue weighted by molar-refractivity contribution is 0.543. The highest BCUT2D eigenvalue weighted by Gasteiger charge is 2.22. The fourth-order valence-electron chi connectivity index (χ4n) is 4.70. The van der Waals surface area contributed by atoms with Crippen LogP contribution in [-0.2, 0) is 5.41 Å². The molecular formula is C31H23N3O2. The number of benzene rings is 4. The van der Waals surface area contributed by atoms with Crippen LogP contribution in [0.4, 0.5) is 0 Å². The molecule has 5 heteroatoms. The normalized spacial score (nSPS) is 12.3. The quantitative estimate of drug-likeness (QED) is 0.255. The second kappa shape index (κ2) is 7.49. The average molecular weight is 470 g/mol. The summed E-state index contributed by atoms with van der Waals surface area (Å²) in [6, 6.07) is 28.4. The van der Waals surface area contributed by atoms with E-state index < -0.39 is 0 Å². The summed E-state index contributed by atoms with van der Waals surface area (Å²) in [7, 11) is 0. The van der Waals surface area contributed by atoms with E-state index in [1.54, 1.807) is 0 Å². The van der Waals surface area contributed by atoms with Gasteiger partial charge in [-0.2, -0.15) is 0 Å². The van der Waals surface area contributed by atoms with Gasteiger partial charge in [0.1, 0.15) is 28.2 Å². The van der Waals surface area contributed by atoms with Crippen LogP contribution in [0, 0.1) is 0 Å². The molecule has 0 fully saturated rings. The highest BCUT2D eigenvalue weighted by Crippen LogP contribution is 2.34. The van der Waals surface area contributed by atoms with Gasteiger partial charge in [0, 0.05) is 38.1 Å². The molecule has 0 amide bonds. The second-order valence-corrected chi connectivity index (χ2v) is 10.2. The van der Waals surface area contributed by atoms with Gasteiger partial charge in [0.25, 0.3) is 0 Å². The maximum atomic E-state index is 6.02. The lowest BCUT2D eigenvalue weighted by Gasteiger charge is -2.18. The van der Waals surface area contributed by atoms with Crippen molar-refractivity contribution in [2.75, 3.05) is 0 Å². The summed E-state index contributed by atoms with van der Waals surface area (Å²) in [5.74, 6) is 2.04. The summed E-state index contributed by atoms with van der Waals surface area (Å²) in [4.78, 5) is 14.8. The van der Waals surface area contributed by atoms with E-state index in [-0.39, 0.29) is 5.41 Å². The third kappa shape index (κ3) is 3.28. The number of hydrogen-bond donors (Lipinski definition) is 0. The van der Waals surface area contributed by atoms with E-state index in [1.165, 1.54) is 0 Å². The van der Waals surface area contributed by atoms with Crippen molar-refractivity contribution in [2.45, 2.75) is 26.2 Å². The number of aromatic nitrogens is 3. The number of furan rings is 2. The Hall–Kier alpha value is -4.51. The van der Waals surface area contributed by atoms with Gasteiger partial charge in [0.15, 0.2) is 11.6 Å². The Labute approximate surface area is 207 Å². The van der Waals surface area contributed by atoms with Crippen molar-refractivity contribution in [1.29, 1.82) is 0 Å². The Balaban J connectivity index is 1.44. The SMILES string of the molecule is CC(C)(C)c1nc(-c2ccc3oc4ccccc4c3c2)nc(-c2ccc3oc4ccccc4c3c2)n1. The first-order chi connectivity index (χ1) is 17.4. The zero-order valence-electron chi connectivity index (χ0n) is 20.2. The van der Waals surface area contributed by atoms with Crippen LogP contribution in [-0.4, -0.2) is 15.0 Å². The van der Waals surface area contributed by atoms with Crippen LogP contribution < -0.4 is 0 Å². The van der Waals surface area contributed by atoms with Gasteiger partial charge in [-0.15, -0.1) is 0 Å². The zero-order chi connectivity index (χ0) is 24.4. The number of nitrogens with zero attached hydrogens (tertiary/aromatic N) is 3. The molecule has 0 aliphatic heterocycles. The number of para-hydroxylation sites is 2. The van der Waals surface area contributed by atoms with Crippen molar-refractivity contribution in [3.63, 3.8) is 0 Å². The van der Waals surface area contributed by atoms with E-state index in [1.807, 2.05) is 60.7 Å². The van der Waals surface area contributed by atoms with Crippen LogP contribution >= 0.6 is 0 Å². The molecular weight excluding hydrogens is 446 g/mol. The molecule has 3 aromatic heterocycles. The standard InChI is InChI=1S/C31H23N3O2/c1-31(2,3)30-33-28(18-12-14-26-22(16-18)20-8-4-6-10-24(20)35-26)32-29(34-30)19-13-15-27-23(17-19)21-9-5-7-11-25(21)36-27/h4-17H,1-3H3. The van der Waals surface area contributed by atoms with Crippen LogP contribution in [0.1, 0.15) is 26.6 Å². The Morgan fingerprint density at radius 2 is 0.944 bits per heavy atom. The molecule has 0 aliphatic carbocycles. The molecule has 7 aromatic rings. The van der Waals surface area contributed by atoms with Crippen molar-refractivity contribution >= 4 is 43.9 Å². The predicted octanol–water partition coefficient (Wildman–Crippen LogP) is 8.30. The average Bonchev–Trinajstić information content (AvgIpc) is 3.45. The first-order valence-electron chi connectivity index (χ1n) is 12.0. The van der Waals surface area contributed by atoms with Crippen LogP contribution in [0.5, 0.6) is 0 Å². The summed E-state index contributed by atoms with van der Waals surface area (Å²) in [5, 5.41) is 4.26. The number of hydrogen-bond acceptors (Lipinski definition) is 5. The second-order valence-electron chi connectivity index (χ2n) is 10.2. The molecule has 0 saturated heterocycles. The van der Waals surface area contributed by atoms with Crippen LogP contribution in [0.2, 0.25) is 0 Å². The topological polar surface area (TPSA) is 65.0 Å². The molecule has 0 bridgehead atoms. The van der Waals surface area contributed by atoms with Gasteiger partial charge in [-0.1, -0.05) is 57.2 Å². The largest absolute Gasteiger partial charge is 0.456 e. The van der Waals surface area contributed by atoms with E-state index >= 15 is 0 Å². The third-order valence-electron chi connectivity index (χ3n) is 6.58. The molecule has 0 atom stereocenters.